The van der Waals surface area contributed by atoms with Gasteiger partial charge in [0.1, 0.15) is 11.4 Å². The molecule has 1 fully saturated rings. The molecule has 2 heterocycles. The number of nitrogens with one attached hydrogen (secondary N) is 1. The second-order valence-electron chi connectivity index (χ2n) is 5.82. The third kappa shape index (κ3) is 2.60. The molecule has 1 aromatic rings. The molecule has 3 rings (SSSR count). The number of unbranched alkanes of at least 4 members (excludes halogenated alkanes) is 1. The van der Waals surface area contributed by atoms with Crippen molar-refractivity contribution in [2.45, 2.75) is 31.2 Å². The average molecular weight is 350 g/mol. The molecule has 7 heteroatoms. The smallest absolute Gasteiger partial charge is 0.260 e. The highest BCUT2D eigenvalue weighted by Crippen LogP contribution is 2.52. The van der Waals surface area contributed by atoms with E-state index in [0.717, 1.165) is 18.4 Å². The molecule has 0 aromatic heterocycles. The number of nitrogens with zero attached hydrogens (tertiary/aromatic N) is 1. The lowest BCUT2D eigenvalue weighted by molar-refractivity contribution is -0.124. The fourth-order valence-electron chi connectivity index (χ4n) is 3.20. The SMILES string of the molecule is CCCCNC(=O)[C@H]1CS[C@H]2c3ccc(OC)c(OC)c3C(=O)N12. The first-order chi connectivity index (χ1) is 11.6. The van der Waals surface area contributed by atoms with E-state index in [0.29, 0.717) is 29.4 Å². The molecule has 6 nitrogen and oxygen atoms in total. The summed E-state index contributed by atoms with van der Waals surface area (Å²) in [5.74, 6) is 1.35. The number of amides is 2. The van der Waals surface area contributed by atoms with Crippen molar-refractivity contribution < 1.29 is 19.1 Å². The minimum atomic E-state index is -0.438. The number of thioether (sulfide) groups is 1. The van der Waals surface area contributed by atoms with Gasteiger partial charge in [0.25, 0.3) is 5.91 Å². The predicted molar refractivity (Wildman–Crippen MR) is 92.6 cm³/mol. The van der Waals surface area contributed by atoms with Crippen LogP contribution in [0.3, 0.4) is 0 Å². The van der Waals surface area contributed by atoms with Gasteiger partial charge in [0.05, 0.1) is 19.8 Å². The number of carbonyl (C=O) groups is 2. The number of rotatable bonds is 6. The van der Waals surface area contributed by atoms with Crippen LogP contribution in [0.5, 0.6) is 11.5 Å². The van der Waals surface area contributed by atoms with Crippen molar-refractivity contribution in [3.05, 3.63) is 23.3 Å². The second-order valence-corrected chi connectivity index (χ2v) is 6.94. The number of hydrogen-bond acceptors (Lipinski definition) is 5. The molecule has 0 radical (unpaired) electrons. The van der Waals surface area contributed by atoms with E-state index >= 15 is 0 Å². The van der Waals surface area contributed by atoms with Gasteiger partial charge in [-0.15, -0.1) is 11.8 Å². The highest BCUT2D eigenvalue weighted by atomic mass is 32.2. The van der Waals surface area contributed by atoms with Crippen LogP contribution >= 0.6 is 11.8 Å². The molecular formula is C17H22N2O4S. The van der Waals surface area contributed by atoms with E-state index in [-0.39, 0.29) is 17.2 Å². The largest absolute Gasteiger partial charge is 0.493 e. The van der Waals surface area contributed by atoms with Crippen LogP contribution in [0.4, 0.5) is 0 Å². The Kier molecular flexibility index (Phi) is 4.89. The van der Waals surface area contributed by atoms with Crippen LogP contribution in [-0.4, -0.2) is 49.3 Å². The van der Waals surface area contributed by atoms with Crippen molar-refractivity contribution in [3.8, 4) is 11.5 Å². The third-order valence-electron chi connectivity index (χ3n) is 4.42. The lowest BCUT2D eigenvalue weighted by atomic mass is 10.1. The normalized spacial score (nSPS) is 21.5. The molecule has 0 bridgehead atoms. The summed E-state index contributed by atoms with van der Waals surface area (Å²) in [5, 5.41) is 2.80. The van der Waals surface area contributed by atoms with Crippen LogP contribution in [0.25, 0.3) is 0 Å². The number of benzene rings is 1. The molecule has 24 heavy (non-hydrogen) atoms. The Morgan fingerprint density at radius 1 is 1.38 bits per heavy atom. The molecule has 2 aliphatic rings. The van der Waals surface area contributed by atoms with Crippen LogP contribution < -0.4 is 14.8 Å². The molecule has 2 amide bonds. The lowest BCUT2D eigenvalue weighted by Crippen LogP contribution is -2.46. The zero-order chi connectivity index (χ0) is 17.3. The molecule has 0 spiro atoms. The maximum Gasteiger partial charge on any atom is 0.260 e. The number of ether oxygens (including phenoxy) is 2. The van der Waals surface area contributed by atoms with E-state index in [2.05, 4.69) is 12.2 Å². The van der Waals surface area contributed by atoms with E-state index in [4.69, 9.17) is 9.47 Å². The van der Waals surface area contributed by atoms with Crippen molar-refractivity contribution in [2.24, 2.45) is 0 Å². The first kappa shape index (κ1) is 17.0. The first-order valence-corrected chi connectivity index (χ1v) is 9.15. The fourth-order valence-corrected chi connectivity index (χ4v) is 4.66. The molecule has 0 unspecified atom stereocenters. The standard InChI is InChI=1S/C17H22N2O4S/c1-4-5-8-18-15(20)11-9-24-17-10-6-7-12(22-2)14(23-3)13(10)16(21)19(11)17/h6-7,11,17H,4-5,8-9H2,1-3H3,(H,18,20)/t11-,17+/m1/s1. The Labute approximate surface area is 145 Å². The Morgan fingerprint density at radius 3 is 2.83 bits per heavy atom. The van der Waals surface area contributed by atoms with E-state index < -0.39 is 6.04 Å². The summed E-state index contributed by atoms with van der Waals surface area (Å²) >= 11 is 1.62. The summed E-state index contributed by atoms with van der Waals surface area (Å²) in [6.07, 6.45) is 1.96. The van der Waals surface area contributed by atoms with Crippen LogP contribution in [0, 0.1) is 0 Å². The number of methoxy groups -OCH3 is 2. The first-order valence-electron chi connectivity index (χ1n) is 8.10. The monoisotopic (exact) mass is 350 g/mol. The minimum Gasteiger partial charge on any atom is -0.493 e. The van der Waals surface area contributed by atoms with E-state index in [1.54, 1.807) is 23.8 Å². The summed E-state index contributed by atoms with van der Waals surface area (Å²) in [6.45, 7) is 2.72. The summed E-state index contributed by atoms with van der Waals surface area (Å²) in [6, 6.07) is 3.26. The van der Waals surface area contributed by atoms with Gasteiger partial charge in [0.2, 0.25) is 5.91 Å². The second kappa shape index (κ2) is 6.93. The van der Waals surface area contributed by atoms with Crippen molar-refractivity contribution >= 4 is 23.6 Å². The van der Waals surface area contributed by atoms with Gasteiger partial charge >= 0.3 is 0 Å². The number of fused-ring (bicyclic) bond motifs is 3. The Morgan fingerprint density at radius 2 is 2.17 bits per heavy atom. The molecule has 130 valence electrons. The van der Waals surface area contributed by atoms with Gasteiger partial charge in [0.15, 0.2) is 11.5 Å². The topological polar surface area (TPSA) is 67.9 Å². The van der Waals surface area contributed by atoms with Crippen LogP contribution in [0.2, 0.25) is 0 Å². The summed E-state index contributed by atoms with van der Waals surface area (Å²) in [7, 11) is 3.07. The average Bonchev–Trinajstić information content (AvgIpc) is 3.14. The molecule has 2 atom stereocenters. The maximum atomic E-state index is 13.0. The molecule has 1 saturated heterocycles. The van der Waals surface area contributed by atoms with Crippen molar-refractivity contribution in [1.29, 1.82) is 0 Å². The van der Waals surface area contributed by atoms with Gasteiger partial charge in [0, 0.05) is 17.9 Å². The number of hydrogen-bond donors (Lipinski definition) is 1. The zero-order valence-electron chi connectivity index (χ0n) is 14.1. The van der Waals surface area contributed by atoms with Crippen molar-refractivity contribution in [1.82, 2.24) is 10.2 Å². The molecule has 0 saturated carbocycles. The summed E-state index contributed by atoms with van der Waals surface area (Å²) in [5.41, 5.74) is 1.41. The van der Waals surface area contributed by atoms with Gasteiger partial charge in [-0.2, -0.15) is 0 Å². The van der Waals surface area contributed by atoms with E-state index in [1.807, 2.05) is 12.1 Å². The Hall–Kier alpha value is -1.89. The predicted octanol–water partition coefficient (Wildman–Crippen LogP) is 2.19. The van der Waals surface area contributed by atoms with Crippen LogP contribution in [-0.2, 0) is 4.79 Å². The van der Waals surface area contributed by atoms with Gasteiger partial charge in [-0.05, 0) is 12.5 Å². The van der Waals surface area contributed by atoms with Gasteiger partial charge in [-0.25, -0.2) is 0 Å². The third-order valence-corrected chi connectivity index (χ3v) is 5.73. The summed E-state index contributed by atoms with van der Waals surface area (Å²) in [4.78, 5) is 27.1. The van der Waals surface area contributed by atoms with Gasteiger partial charge in [-0.3, -0.25) is 9.59 Å². The molecule has 0 aliphatic carbocycles. The van der Waals surface area contributed by atoms with Crippen molar-refractivity contribution in [2.75, 3.05) is 26.5 Å². The maximum absolute atomic E-state index is 13.0. The molecular weight excluding hydrogens is 328 g/mol. The van der Waals surface area contributed by atoms with Crippen LogP contribution in [0.1, 0.15) is 41.1 Å². The van der Waals surface area contributed by atoms with Gasteiger partial charge in [-0.1, -0.05) is 19.4 Å². The van der Waals surface area contributed by atoms with E-state index in [9.17, 15) is 9.59 Å². The highest BCUT2D eigenvalue weighted by Gasteiger charge is 2.50. The zero-order valence-corrected chi connectivity index (χ0v) is 14.9. The molecule has 1 N–H and O–H groups in total. The lowest BCUT2D eigenvalue weighted by Gasteiger charge is -2.22. The summed E-state index contributed by atoms with van der Waals surface area (Å²) < 4.78 is 10.7. The fraction of sp³-hybridized carbons (Fsp3) is 0.529. The Bertz CT molecular complexity index is 664. The highest BCUT2D eigenvalue weighted by molar-refractivity contribution is 7.99. The van der Waals surface area contributed by atoms with Crippen molar-refractivity contribution in [3.63, 3.8) is 0 Å². The van der Waals surface area contributed by atoms with Crippen LogP contribution in [0.15, 0.2) is 12.1 Å². The molecule has 1 aromatic carbocycles. The molecule has 2 aliphatic heterocycles. The van der Waals surface area contributed by atoms with E-state index in [1.165, 1.54) is 7.11 Å². The number of carbonyl (C=O) groups excluding carboxylic acids is 2. The quantitative estimate of drug-likeness (QED) is 0.797. The minimum absolute atomic E-state index is 0.0782. The van der Waals surface area contributed by atoms with Gasteiger partial charge < -0.3 is 19.7 Å². The Balaban J connectivity index is 1.88.